The Morgan fingerprint density at radius 2 is 2.32 bits per heavy atom. The second-order valence-corrected chi connectivity index (χ2v) is 3.18. The van der Waals surface area contributed by atoms with E-state index < -0.39 is 40.0 Å². The molecule has 0 saturated carbocycles. The van der Waals surface area contributed by atoms with Crippen molar-refractivity contribution in [2.24, 2.45) is 0 Å². The molecule has 0 fully saturated rings. The van der Waals surface area contributed by atoms with E-state index >= 15 is 0 Å². The fourth-order valence-electron chi connectivity index (χ4n) is 1.28. The van der Waals surface area contributed by atoms with Crippen LogP contribution in [0.3, 0.4) is 0 Å². The molecule has 0 aliphatic carbocycles. The Balaban J connectivity index is 3.51. The largest absolute Gasteiger partial charge is 0.462 e. The summed E-state index contributed by atoms with van der Waals surface area (Å²) in [7, 11) is 0. The second kappa shape index (κ2) is 5.81. The van der Waals surface area contributed by atoms with Crippen molar-refractivity contribution in [2.75, 3.05) is 6.61 Å². The average Bonchev–Trinajstić information content (AvgIpc) is 2.37. The minimum absolute atomic E-state index is 0.0880. The van der Waals surface area contributed by atoms with Crippen LogP contribution in [-0.4, -0.2) is 22.5 Å². The summed E-state index contributed by atoms with van der Waals surface area (Å²) in [5, 5.41) is 19.3. The predicted octanol–water partition coefficient (Wildman–Crippen LogP) is 1.98. The van der Waals surface area contributed by atoms with E-state index in [9.17, 15) is 23.7 Å². The molecule has 0 radical (unpaired) electrons. The van der Waals surface area contributed by atoms with Gasteiger partial charge in [0.1, 0.15) is 11.8 Å². The minimum Gasteiger partial charge on any atom is -0.462 e. The summed E-state index contributed by atoms with van der Waals surface area (Å²) in [5.74, 6) is -1.15. The molecule has 1 rings (SSSR count). The number of ether oxygens (including phenoxy) is 1. The van der Waals surface area contributed by atoms with Crippen LogP contribution in [0.2, 0.25) is 0 Å². The van der Waals surface area contributed by atoms with Crippen LogP contribution in [-0.2, 0) is 4.74 Å². The number of esters is 1. The number of pyridine rings is 1. The lowest BCUT2D eigenvalue weighted by molar-refractivity contribution is -0.385. The average molecular weight is 271 g/mol. The van der Waals surface area contributed by atoms with Crippen molar-refractivity contribution in [1.29, 1.82) is 5.26 Å². The molecule has 100 valence electrons. The van der Waals surface area contributed by atoms with E-state index in [0.29, 0.717) is 6.07 Å². The highest BCUT2D eigenvalue weighted by atomic mass is 19.3. The van der Waals surface area contributed by atoms with Gasteiger partial charge in [-0.3, -0.25) is 10.1 Å². The molecule has 0 aliphatic heterocycles. The maximum atomic E-state index is 12.7. The Hall–Kier alpha value is -2.63. The van der Waals surface area contributed by atoms with Crippen LogP contribution >= 0.6 is 0 Å². The zero-order valence-electron chi connectivity index (χ0n) is 9.59. The summed E-state index contributed by atoms with van der Waals surface area (Å²) in [6.07, 6.45) is -3.16. The van der Waals surface area contributed by atoms with Gasteiger partial charge in [-0.15, -0.1) is 0 Å². The van der Waals surface area contributed by atoms with Gasteiger partial charge in [0, 0.05) is 6.07 Å². The number of aromatic nitrogens is 1. The topological polar surface area (TPSA) is 106 Å². The Kier molecular flexibility index (Phi) is 4.41. The molecule has 0 amide bonds. The van der Waals surface area contributed by atoms with E-state index in [1.165, 1.54) is 13.0 Å². The maximum Gasteiger partial charge on any atom is 0.340 e. The smallest absolute Gasteiger partial charge is 0.340 e. The van der Waals surface area contributed by atoms with Gasteiger partial charge in [0.15, 0.2) is 0 Å². The molecule has 0 bridgehead atoms. The van der Waals surface area contributed by atoms with Crippen molar-refractivity contribution in [1.82, 2.24) is 4.98 Å². The number of hydrogen-bond donors (Lipinski definition) is 0. The van der Waals surface area contributed by atoms with Gasteiger partial charge in [0.2, 0.25) is 5.69 Å². The summed E-state index contributed by atoms with van der Waals surface area (Å²) < 4.78 is 30.0. The predicted molar refractivity (Wildman–Crippen MR) is 56.5 cm³/mol. The summed E-state index contributed by atoms with van der Waals surface area (Å²) >= 11 is 0. The van der Waals surface area contributed by atoms with Crippen LogP contribution in [0.4, 0.5) is 14.5 Å². The van der Waals surface area contributed by atoms with Crippen molar-refractivity contribution >= 4 is 11.7 Å². The molecule has 0 saturated heterocycles. The first-order chi connectivity index (χ1) is 8.92. The van der Waals surface area contributed by atoms with Crippen molar-refractivity contribution in [3.8, 4) is 6.07 Å². The third-order valence-corrected chi connectivity index (χ3v) is 2.04. The van der Waals surface area contributed by atoms with E-state index in [2.05, 4.69) is 9.72 Å². The van der Waals surface area contributed by atoms with Crippen LogP contribution in [0.1, 0.15) is 35.1 Å². The number of hydrogen-bond acceptors (Lipinski definition) is 6. The van der Waals surface area contributed by atoms with Gasteiger partial charge in [-0.1, -0.05) is 0 Å². The van der Waals surface area contributed by atoms with Crippen LogP contribution in [0.5, 0.6) is 0 Å². The van der Waals surface area contributed by atoms with E-state index in [4.69, 9.17) is 5.26 Å². The van der Waals surface area contributed by atoms with E-state index in [-0.39, 0.29) is 6.61 Å². The normalized spacial score (nSPS) is 10.1. The van der Waals surface area contributed by atoms with Gasteiger partial charge < -0.3 is 4.74 Å². The molecular formula is C10H7F2N3O4. The number of carbonyl (C=O) groups is 1. The monoisotopic (exact) mass is 271 g/mol. The molecular weight excluding hydrogens is 264 g/mol. The highest BCUT2D eigenvalue weighted by molar-refractivity contribution is 5.91. The summed E-state index contributed by atoms with van der Waals surface area (Å²) in [5.41, 5.74) is -3.34. The zero-order chi connectivity index (χ0) is 14.6. The highest BCUT2D eigenvalue weighted by Crippen LogP contribution is 2.27. The van der Waals surface area contributed by atoms with Gasteiger partial charge in [-0.05, 0) is 6.92 Å². The molecule has 0 spiro atoms. The first-order valence-electron chi connectivity index (χ1n) is 4.97. The van der Waals surface area contributed by atoms with Crippen molar-refractivity contribution in [3.05, 3.63) is 33.1 Å². The third kappa shape index (κ3) is 2.98. The molecule has 1 aromatic rings. The number of alkyl halides is 2. The fourth-order valence-corrected chi connectivity index (χ4v) is 1.28. The van der Waals surface area contributed by atoms with Gasteiger partial charge in [-0.2, -0.15) is 5.26 Å². The summed E-state index contributed by atoms with van der Waals surface area (Å²) in [6.45, 7) is 1.36. The SMILES string of the molecule is CCOC(=O)c1cc([N+](=O)[O-])c(C#N)nc1C(F)F. The standard InChI is InChI=1S/C10H7F2N3O4/c1-2-19-10(16)5-3-7(15(17)18)6(4-13)14-8(5)9(11)12/h3,9H,2H2,1H3. The highest BCUT2D eigenvalue weighted by Gasteiger charge is 2.28. The molecule has 1 aromatic heterocycles. The van der Waals surface area contributed by atoms with E-state index in [0.717, 1.165) is 0 Å². The summed E-state index contributed by atoms with van der Waals surface area (Å²) in [6, 6.07) is 1.91. The number of nitriles is 1. The molecule has 0 N–H and O–H groups in total. The van der Waals surface area contributed by atoms with Gasteiger partial charge in [0.25, 0.3) is 6.43 Å². The van der Waals surface area contributed by atoms with Gasteiger partial charge >= 0.3 is 11.7 Å². The van der Waals surface area contributed by atoms with E-state index in [1.54, 1.807) is 0 Å². The second-order valence-electron chi connectivity index (χ2n) is 3.18. The Bertz CT molecular complexity index is 569. The van der Waals surface area contributed by atoms with Crippen LogP contribution in [0.15, 0.2) is 6.07 Å². The van der Waals surface area contributed by atoms with Gasteiger partial charge in [-0.25, -0.2) is 18.6 Å². The molecule has 0 atom stereocenters. The Morgan fingerprint density at radius 3 is 2.74 bits per heavy atom. The molecule has 0 aromatic carbocycles. The molecule has 0 aliphatic rings. The lowest BCUT2D eigenvalue weighted by Gasteiger charge is -2.07. The van der Waals surface area contributed by atoms with Crippen LogP contribution < -0.4 is 0 Å². The molecule has 1 heterocycles. The summed E-state index contributed by atoms with van der Waals surface area (Å²) in [4.78, 5) is 24.3. The number of nitrogens with zero attached hydrogens (tertiary/aromatic N) is 3. The fraction of sp³-hybridized carbons (Fsp3) is 0.300. The van der Waals surface area contributed by atoms with Gasteiger partial charge in [0.05, 0.1) is 17.1 Å². The lowest BCUT2D eigenvalue weighted by atomic mass is 10.1. The Morgan fingerprint density at radius 1 is 1.68 bits per heavy atom. The molecule has 9 heteroatoms. The van der Waals surface area contributed by atoms with E-state index in [1.807, 2.05) is 0 Å². The van der Waals surface area contributed by atoms with Crippen LogP contribution in [0, 0.1) is 21.4 Å². The first kappa shape index (κ1) is 14.4. The Labute approximate surface area is 105 Å². The number of carbonyl (C=O) groups excluding carboxylic acids is 1. The molecule has 7 nitrogen and oxygen atoms in total. The molecule has 19 heavy (non-hydrogen) atoms. The number of rotatable bonds is 4. The van der Waals surface area contributed by atoms with Crippen LogP contribution in [0.25, 0.3) is 0 Å². The zero-order valence-corrected chi connectivity index (χ0v) is 9.59. The minimum atomic E-state index is -3.16. The van der Waals surface area contributed by atoms with Crippen molar-refractivity contribution < 1.29 is 23.2 Å². The third-order valence-electron chi connectivity index (χ3n) is 2.04. The lowest BCUT2D eigenvalue weighted by Crippen LogP contribution is -2.12. The number of halogens is 2. The number of nitro groups is 1. The molecule has 0 unspecified atom stereocenters. The quantitative estimate of drug-likeness (QED) is 0.470. The van der Waals surface area contributed by atoms with Crippen molar-refractivity contribution in [3.63, 3.8) is 0 Å². The maximum absolute atomic E-state index is 12.7. The first-order valence-corrected chi connectivity index (χ1v) is 4.97. The van der Waals surface area contributed by atoms with Crippen molar-refractivity contribution in [2.45, 2.75) is 13.3 Å².